The van der Waals surface area contributed by atoms with Crippen molar-refractivity contribution in [1.29, 1.82) is 0 Å². The van der Waals surface area contributed by atoms with Crippen LogP contribution in [-0.2, 0) is 4.74 Å². The average molecular weight is 414 g/mol. The fraction of sp³-hybridized carbons (Fsp3) is 0.476. The number of carbonyl (C=O) groups is 1. The fourth-order valence-corrected chi connectivity index (χ4v) is 4.24. The smallest absolute Gasteiger partial charge is 0.410 e. The number of fused-ring (bicyclic) bond motifs is 1. The highest BCUT2D eigenvalue weighted by molar-refractivity contribution is 7.15. The van der Waals surface area contributed by atoms with Crippen LogP contribution in [-0.4, -0.2) is 44.1 Å². The van der Waals surface area contributed by atoms with Gasteiger partial charge in [-0.2, -0.15) is 0 Å². The van der Waals surface area contributed by atoms with Crippen LogP contribution in [0.2, 0.25) is 0 Å². The molecule has 0 aromatic carbocycles. The maximum atomic E-state index is 12.5. The Labute approximate surface area is 174 Å². The second-order valence-corrected chi connectivity index (χ2v) is 9.72. The summed E-state index contributed by atoms with van der Waals surface area (Å²) in [5.74, 6) is 0.956. The van der Waals surface area contributed by atoms with Crippen LogP contribution in [0.5, 0.6) is 0 Å². The van der Waals surface area contributed by atoms with E-state index < -0.39 is 5.60 Å². The minimum Gasteiger partial charge on any atom is -0.444 e. The summed E-state index contributed by atoms with van der Waals surface area (Å²) in [6, 6.07) is 4.04. The quantitative estimate of drug-likeness (QED) is 0.657. The predicted octanol–water partition coefficient (Wildman–Crippen LogP) is 4.96. The van der Waals surface area contributed by atoms with Crippen molar-refractivity contribution >= 4 is 33.9 Å². The highest BCUT2D eigenvalue weighted by atomic mass is 32.1. The minimum atomic E-state index is -0.491. The van der Waals surface area contributed by atoms with Gasteiger partial charge in [0.2, 0.25) is 0 Å². The van der Waals surface area contributed by atoms with Gasteiger partial charge in [-0.3, -0.25) is 0 Å². The van der Waals surface area contributed by atoms with Gasteiger partial charge >= 0.3 is 6.09 Å². The van der Waals surface area contributed by atoms with Gasteiger partial charge in [-0.05, 0) is 52.7 Å². The van der Waals surface area contributed by atoms with Crippen LogP contribution in [0, 0.1) is 6.92 Å². The summed E-state index contributed by atoms with van der Waals surface area (Å²) < 4.78 is 7.65. The van der Waals surface area contributed by atoms with E-state index in [0.717, 1.165) is 46.4 Å². The standard InChI is InChI=1S/C21H27N5O2S/c1-14-11-22-19(29-14)24-18-17-8-6-9-25(17)13-16(23-18)15-7-5-10-26(12-15)20(27)28-21(2,3)4/h6,8-9,11,13,15H,5,7,10,12H2,1-4H3,(H,22,23,24). The molecule has 4 rings (SSSR count). The van der Waals surface area contributed by atoms with E-state index >= 15 is 0 Å². The Balaban J connectivity index is 1.59. The van der Waals surface area contributed by atoms with E-state index in [2.05, 4.69) is 20.9 Å². The first-order valence-corrected chi connectivity index (χ1v) is 10.8. The molecule has 1 aliphatic heterocycles. The van der Waals surface area contributed by atoms with Crippen molar-refractivity contribution in [2.24, 2.45) is 0 Å². The highest BCUT2D eigenvalue weighted by Crippen LogP contribution is 2.30. The fourth-order valence-electron chi connectivity index (χ4n) is 3.58. The number of hydrogen-bond donors (Lipinski definition) is 1. The molecule has 4 heterocycles. The van der Waals surface area contributed by atoms with Crippen molar-refractivity contribution in [3.05, 3.63) is 41.3 Å². The molecule has 154 valence electrons. The molecule has 1 amide bonds. The lowest BCUT2D eigenvalue weighted by atomic mass is 9.95. The molecule has 1 fully saturated rings. The third kappa shape index (κ3) is 4.53. The third-order valence-electron chi connectivity index (χ3n) is 4.87. The largest absolute Gasteiger partial charge is 0.444 e. The van der Waals surface area contributed by atoms with Gasteiger partial charge in [-0.1, -0.05) is 0 Å². The van der Waals surface area contributed by atoms with Gasteiger partial charge in [0.1, 0.15) is 5.60 Å². The Morgan fingerprint density at radius 1 is 1.38 bits per heavy atom. The Morgan fingerprint density at radius 3 is 2.93 bits per heavy atom. The molecule has 0 aliphatic carbocycles. The Hall–Kier alpha value is -2.61. The normalized spacial score (nSPS) is 17.5. The molecule has 1 saturated heterocycles. The van der Waals surface area contributed by atoms with Crippen LogP contribution in [0.1, 0.15) is 50.1 Å². The summed E-state index contributed by atoms with van der Waals surface area (Å²) in [5, 5.41) is 4.20. The monoisotopic (exact) mass is 413 g/mol. The first-order valence-electron chi connectivity index (χ1n) is 9.93. The number of anilines is 2. The van der Waals surface area contributed by atoms with Gasteiger partial charge < -0.3 is 19.4 Å². The molecule has 1 aliphatic rings. The van der Waals surface area contributed by atoms with Crippen LogP contribution in [0.15, 0.2) is 30.7 Å². The Morgan fingerprint density at radius 2 is 2.21 bits per heavy atom. The zero-order valence-electron chi connectivity index (χ0n) is 17.3. The molecule has 1 N–H and O–H groups in total. The molecule has 0 spiro atoms. The molecule has 0 bridgehead atoms. The summed E-state index contributed by atoms with van der Waals surface area (Å²) in [6.07, 6.45) is 7.62. The van der Waals surface area contributed by atoms with E-state index in [-0.39, 0.29) is 12.0 Å². The zero-order valence-corrected chi connectivity index (χ0v) is 18.1. The molecule has 3 aromatic heterocycles. The number of hydrogen-bond acceptors (Lipinski definition) is 6. The molecular weight excluding hydrogens is 386 g/mol. The summed E-state index contributed by atoms with van der Waals surface area (Å²) in [4.78, 5) is 24.8. The average Bonchev–Trinajstić information content (AvgIpc) is 3.29. The van der Waals surface area contributed by atoms with Crippen LogP contribution >= 0.6 is 11.3 Å². The summed E-state index contributed by atoms with van der Waals surface area (Å²) >= 11 is 1.60. The Kier molecular flexibility index (Phi) is 5.21. The number of nitrogens with one attached hydrogen (secondary N) is 1. The molecule has 0 saturated carbocycles. The van der Waals surface area contributed by atoms with Gasteiger partial charge in [0.05, 0.1) is 11.2 Å². The molecule has 29 heavy (non-hydrogen) atoms. The van der Waals surface area contributed by atoms with Gasteiger partial charge in [0, 0.05) is 42.5 Å². The lowest BCUT2D eigenvalue weighted by Gasteiger charge is -2.34. The number of ether oxygens (including phenoxy) is 1. The number of thiazole rings is 1. The van der Waals surface area contributed by atoms with Crippen molar-refractivity contribution in [3.8, 4) is 0 Å². The van der Waals surface area contributed by atoms with Gasteiger partial charge in [-0.15, -0.1) is 11.3 Å². The predicted molar refractivity (Wildman–Crippen MR) is 115 cm³/mol. The second kappa shape index (κ2) is 7.67. The molecule has 8 heteroatoms. The van der Waals surface area contributed by atoms with Crippen molar-refractivity contribution in [2.45, 2.75) is 52.1 Å². The molecule has 0 radical (unpaired) electrons. The number of likely N-dealkylation sites (tertiary alicyclic amines) is 1. The number of aromatic nitrogens is 3. The number of aryl methyl sites for hydroxylation is 1. The van der Waals surface area contributed by atoms with Crippen LogP contribution in [0.3, 0.4) is 0 Å². The maximum Gasteiger partial charge on any atom is 0.410 e. The van der Waals surface area contributed by atoms with Crippen molar-refractivity contribution in [3.63, 3.8) is 0 Å². The topological polar surface area (TPSA) is 71.8 Å². The van der Waals surface area contributed by atoms with Crippen molar-refractivity contribution in [2.75, 3.05) is 18.4 Å². The second-order valence-electron chi connectivity index (χ2n) is 8.48. The number of carbonyl (C=O) groups excluding carboxylic acids is 1. The van der Waals surface area contributed by atoms with Crippen molar-refractivity contribution in [1.82, 2.24) is 19.3 Å². The highest BCUT2D eigenvalue weighted by Gasteiger charge is 2.29. The summed E-state index contributed by atoms with van der Waals surface area (Å²) in [7, 11) is 0. The van der Waals surface area contributed by atoms with E-state index in [4.69, 9.17) is 9.72 Å². The minimum absolute atomic E-state index is 0.168. The van der Waals surface area contributed by atoms with Crippen LogP contribution in [0.25, 0.3) is 5.52 Å². The first kappa shape index (κ1) is 19.7. The summed E-state index contributed by atoms with van der Waals surface area (Å²) in [6.45, 7) is 9.06. The lowest BCUT2D eigenvalue weighted by Crippen LogP contribution is -2.42. The molecule has 1 unspecified atom stereocenters. The lowest BCUT2D eigenvalue weighted by molar-refractivity contribution is 0.0197. The van der Waals surface area contributed by atoms with E-state index in [9.17, 15) is 4.79 Å². The molecule has 3 aromatic rings. The third-order valence-corrected chi connectivity index (χ3v) is 5.70. The number of piperidine rings is 1. The number of nitrogens with zero attached hydrogens (tertiary/aromatic N) is 4. The molecular formula is C21H27N5O2S. The molecule has 7 nitrogen and oxygen atoms in total. The van der Waals surface area contributed by atoms with E-state index in [1.54, 1.807) is 16.2 Å². The zero-order chi connectivity index (χ0) is 20.6. The van der Waals surface area contributed by atoms with Gasteiger partial charge in [-0.25, -0.2) is 14.8 Å². The molecule has 1 atom stereocenters. The SMILES string of the molecule is Cc1cnc(Nc2nc(C3CCCN(C(=O)OC(C)(C)C)C3)cn3cccc23)s1. The Bertz CT molecular complexity index is 1020. The number of rotatable bonds is 3. The van der Waals surface area contributed by atoms with E-state index in [0.29, 0.717) is 6.54 Å². The maximum absolute atomic E-state index is 12.5. The van der Waals surface area contributed by atoms with Crippen LogP contribution < -0.4 is 5.32 Å². The van der Waals surface area contributed by atoms with E-state index in [1.165, 1.54) is 0 Å². The number of amides is 1. The summed E-state index contributed by atoms with van der Waals surface area (Å²) in [5.41, 5.74) is 1.48. The van der Waals surface area contributed by atoms with E-state index in [1.807, 2.05) is 52.2 Å². The van der Waals surface area contributed by atoms with Crippen LogP contribution in [0.4, 0.5) is 15.7 Å². The van der Waals surface area contributed by atoms with Gasteiger partial charge in [0.25, 0.3) is 0 Å². The van der Waals surface area contributed by atoms with Crippen molar-refractivity contribution < 1.29 is 9.53 Å². The van der Waals surface area contributed by atoms with Gasteiger partial charge in [0.15, 0.2) is 10.9 Å². The first-order chi connectivity index (χ1) is 13.8.